The van der Waals surface area contributed by atoms with Gasteiger partial charge in [0.05, 0.1) is 5.92 Å². The van der Waals surface area contributed by atoms with Gasteiger partial charge in [-0.05, 0) is 17.5 Å². The summed E-state index contributed by atoms with van der Waals surface area (Å²) >= 11 is 0. The van der Waals surface area contributed by atoms with Crippen molar-refractivity contribution >= 4 is 10.0 Å². The number of primary sulfonamides is 1. The number of hydrogen-bond donors (Lipinski definition) is 1. The van der Waals surface area contributed by atoms with Gasteiger partial charge >= 0.3 is 0 Å². The average Bonchev–Trinajstić information content (AvgIpc) is 2.83. The molecule has 0 amide bonds. The van der Waals surface area contributed by atoms with Crippen molar-refractivity contribution in [2.75, 3.05) is 0 Å². The highest BCUT2D eigenvalue weighted by Gasteiger charge is 2.62. The Hall–Kier alpha value is -1.80. The highest BCUT2D eigenvalue weighted by molar-refractivity contribution is 7.89. The average molecular weight is 350 g/mol. The number of nitrogens with two attached hydrogens (primary N) is 1. The molecule has 2 N–H and O–H groups in total. The smallest absolute Gasteiger partial charge is 0.239 e. The monoisotopic (exact) mass is 350 g/mol. The molecule has 1 fully saturated rings. The highest BCUT2D eigenvalue weighted by atomic mass is 32.2. The molecule has 2 aromatic rings. The molecule has 1 saturated carbocycles. The summed E-state index contributed by atoms with van der Waals surface area (Å²) in [6, 6.07) is 3.19. The summed E-state index contributed by atoms with van der Waals surface area (Å²) in [4.78, 5) is 8.84. The predicted octanol–water partition coefficient (Wildman–Crippen LogP) is 2.32. The zero-order chi connectivity index (χ0) is 17.9. The Morgan fingerprint density at radius 1 is 1.21 bits per heavy atom. The minimum absolute atomic E-state index is 0.00839. The molecule has 130 valence electrons. The maximum atomic E-state index is 11.3. The molecule has 0 aliphatic heterocycles. The predicted molar refractivity (Wildman–Crippen MR) is 87.9 cm³/mol. The fraction of sp³-hybridized carbons (Fsp3) is 0.562. The second-order valence-electron chi connectivity index (χ2n) is 7.95. The zero-order valence-corrected chi connectivity index (χ0v) is 15.3. The van der Waals surface area contributed by atoms with Crippen LogP contribution in [0.3, 0.4) is 0 Å². The molecule has 0 saturated heterocycles. The maximum absolute atomic E-state index is 11.3. The van der Waals surface area contributed by atoms with Crippen molar-refractivity contribution in [1.82, 2.24) is 15.1 Å². The van der Waals surface area contributed by atoms with Crippen molar-refractivity contribution in [2.24, 2.45) is 10.6 Å². The summed E-state index contributed by atoms with van der Waals surface area (Å²) in [5.41, 5.74) is 0.539. The third-order valence-corrected chi connectivity index (χ3v) is 5.51. The quantitative estimate of drug-likeness (QED) is 0.909. The van der Waals surface area contributed by atoms with Crippen molar-refractivity contribution in [3.05, 3.63) is 35.7 Å². The van der Waals surface area contributed by atoms with Gasteiger partial charge in [0, 0.05) is 23.2 Å². The van der Waals surface area contributed by atoms with E-state index in [4.69, 9.17) is 9.66 Å². The van der Waals surface area contributed by atoms with Gasteiger partial charge in [0.2, 0.25) is 15.9 Å². The van der Waals surface area contributed by atoms with E-state index >= 15 is 0 Å². The number of pyridine rings is 1. The first-order valence-electron chi connectivity index (χ1n) is 7.75. The van der Waals surface area contributed by atoms with Crippen molar-refractivity contribution in [3.63, 3.8) is 0 Å². The number of nitrogens with zero attached hydrogens (tertiary/aromatic N) is 3. The fourth-order valence-corrected chi connectivity index (χ4v) is 3.52. The lowest BCUT2D eigenvalue weighted by molar-refractivity contribution is 0.354. The first-order valence-corrected chi connectivity index (χ1v) is 9.30. The van der Waals surface area contributed by atoms with E-state index in [0.717, 1.165) is 5.69 Å². The third-order valence-electron chi connectivity index (χ3n) is 4.61. The molecule has 1 aliphatic carbocycles. The van der Waals surface area contributed by atoms with Gasteiger partial charge < -0.3 is 4.52 Å². The van der Waals surface area contributed by atoms with E-state index in [1.807, 2.05) is 20.8 Å². The van der Waals surface area contributed by atoms with Gasteiger partial charge in [-0.2, -0.15) is 4.98 Å². The first-order chi connectivity index (χ1) is 10.9. The zero-order valence-electron chi connectivity index (χ0n) is 14.4. The Bertz CT molecular complexity index is 863. The van der Waals surface area contributed by atoms with E-state index in [2.05, 4.69) is 29.0 Å². The van der Waals surface area contributed by atoms with Gasteiger partial charge in [0.15, 0.2) is 5.82 Å². The van der Waals surface area contributed by atoms with Gasteiger partial charge in [0.1, 0.15) is 4.90 Å². The molecule has 3 rings (SSSR count). The molecule has 2 aromatic heterocycles. The van der Waals surface area contributed by atoms with Crippen LogP contribution in [-0.4, -0.2) is 23.5 Å². The summed E-state index contributed by atoms with van der Waals surface area (Å²) in [5, 5.41) is 9.20. The fourth-order valence-electron chi connectivity index (χ4n) is 3.06. The van der Waals surface area contributed by atoms with Crippen LogP contribution in [0.15, 0.2) is 27.7 Å². The lowest BCUT2D eigenvalue weighted by atomic mass is 9.96. The first kappa shape index (κ1) is 17.0. The summed E-state index contributed by atoms with van der Waals surface area (Å²) < 4.78 is 28.2. The SMILES string of the molecule is CC(C)(C)c1noc([C@H]2[C@H](c3ccc(S(N)(=O)=O)cn3)C2(C)C)n1. The Labute approximate surface area is 141 Å². The summed E-state index contributed by atoms with van der Waals surface area (Å²) in [7, 11) is -3.74. The summed E-state index contributed by atoms with van der Waals surface area (Å²) in [6.07, 6.45) is 1.30. The van der Waals surface area contributed by atoms with Gasteiger partial charge in [-0.15, -0.1) is 0 Å². The van der Waals surface area contributed by atoms with E-state index in [1.165, 1.54) is 12.3 Å². The molecule has 0 aromatic carbocycles. The number of aromatic nitrogens is 3. The van der Waals surface area contributed by atoms with Crippen LogP contribution in [0.5, 0.6) is 0 Å². The Balaban J connectivity index is 1.89. The van der Waals surface area contributed by atoms with E-state index in [0.29, 0.717) is 11.7 Å². The van der Waals surface area contributed by atoms with Gasteiger partial charge in [-0.1, -0.05) is 39.8 Å². The topological polar surface area (TPSA) is 112 Å². The molecule has 2 atom stereocenters. The molecule has 0 bridgehead atoms. The molecule has 0 radical (unpaired) electrons. The molecular weight excluding hydrogens is 328 g/mol. The molecule has 1 aliphatic rings. The largest absolute Gasteiger partial charge is 0.339 e. The van der Waals surface area contributed by atoms with Crippen LogP contribution in [0.25, 0.3) is 0 Å². The van der Waals surface area contributed by atoms with Crippen molar-refractivity contribution in [3.8, 4) is 0 Å². The lowest BCUT2D eigenvalue weighted by Crippen LogP contribution is -2.13. The van der Waals surface area contributed by atoms with Gasteiger partial charge in [0.25, 0.3) is 0 Å². The number of rotatable bonds is 3. The number of sulfonamides is 1. The second kappa shape index (κ2) is 5.10. The minimum atomic E-state index is -3.74. The normalized spacial score (nSPS) is 23.2. The second-order valence-corrected chi connectivity index (χ2v) is 9.51. The molecule has 7 nitrogen and oxygen atoms in total. The standard InChI is InChI=1S/C16H22N4O3S/c1-15(2,3)14-19-13(23-20-14)12-11(16(12,4)5)10-7-6-9(8-18-10)24(17,21)22/h6-8,11-12H,1-5H3,(H2,17,21,22)/t11-,12+/m0/s1. The van der Waals surface area contributed by atoms with Crippen LogP contribution in [0.1, 0.15) is 63.9 Å². The molecular formula is C16H22N4O3S. The van der Waals surface area contributed by atoms with Crippen LogP contribution < -0.4 is 5.14 Å². The molecule has 2 heterocycles. The number of hydrogen-bond acceptors (Lipinski definition) is 6. The van der Waals surface area contributed by atoms with Gasteiger partial charge in [-0.25, -0.2) is 13.6 Å². The molecule has 0 unspecified atom stereocenters. The van der Waals surface area contributed by atoms with E-state index in [-0.39, 0.29) is 27.6 Å². The maximum Gasteiger partial charge on any atom is 0.239 e. The van der Waals surface area contributed by atoms with Gasteiger partial charge in [-0.3, -0.25) is 4.98 Å². The lowest BCUT2D eigenvalue weighted by Gasteiger charge is -2.10. The molecule has 24 heavy (non-hydrogen) atoms. The van der Waals surface area contributed by atoms with Crippen LogP contribution in [0.2, 0.25) is 0 Å². The van der Waals surface area contributed by atoms with Crippen LogP contribution in [-0.2, 0) is 15.4 Å². The molecule has 8 heteroatoms. The van der Waals surface area contributed by atoms with Crippen molar-refractivity contribution in [1.29, 1.82) is 0 Å². The molecule has 0 spiro atoms. The Morgan fingerprint density at radius 3 is 2.33 bits per heavy atom. The minimum Gasteiger partial charge on any atom is -0.339 e. The van der Waals surface area contributed by atoms with Crippen LogP contribution >= 0.6 is 0 Å². The van der Waals surface area contributed by atoms with Crippen LogP contribution in [0.4, 0.5) is 0 Å². The van der Waals surface area contributed by atoms with E-state index in [1.54, 1.807) is 6.07 Å². The van der Waals surface area contributed by atoms with Crippen molar-refractivity contribution < 1.29 is 12.9 Å². The van der Waals surface area contributed by atoms with Crippen molar-refractivity contribution in [2.45, 2.75) is 56.8 Å². The van der Waals surface area contributed by atoms with Crippen LogP contribution in [0, 0.1) is 5.41 Å². The van der Waals surface area contributed by atoms with E-state index < -0.39 is 10.0 Å². The summed E-state index contributed by atoms with van der Waals surface area (Å²) in [5.74, 6) is 1.44. The Kier molecular flexibility index (Phi) is 3.62. The Morgan fingerprint density at radius 2 is 1.88 bits per heavy atom. The third kappa shape index (κ3) is 2.84. The highest BCUT2D eigenvalue weighted by Crippen LogP contribution is 2.69. The summed E-state index contributed by atoms with van der Waals surface area (Å²) in [6.45, 7) is 10.3. The van der Waals surface area contributed by atoms with E-state index in [9.17, 15) is 8.42 Å².